The van der Waals surface area contributed by atoms with Crippen LogP contribution < -0.4 is 10.5 Å². The standard InChI is InChI=1S/C25H26F3N7O4/c1-2-8-35-22(36)19-21(32-23(35)33-9-4-7-18(14-33)39-24(37)38)31-20(30-19)16-11-29-34(13-16)12-15-5-3-6-17(10-15)25(26,27)28/h3,5-6,10-11,13,18H,2,4,7-9,12,14H2,1H3,(H,30,31)(H,37,38). The number of carboxylic acid groups (broad SMARTS) is 1. The number of aromatic nitrogens is 6. The molecule has 0 aliphatic carbocycles. The summed E-state index contributed by atoms with van der Waals surface area (Å²) in [7, 11) is 0. The lowest BCUT2D eigenvalue weighted by Gasteiger charge is -2.33. The number of halogens is 3. The molecule has 0 amide bonds. The van der Waals surface area contributed by atoms with Crippen molar-refractivity contribution in [1.82, 2.24) is 29.3 Å². The lowest BCUT2D eigenvalue weighted by Crippen LogP contribution is -2.43. The summed E-state index contributed by atoms with van der Waals surface area (Å²) in [5.41, 5.74) is 0.338. The van der Waals surface area contributed by atoms with Gasteiger partial charge in [0, 0.05) is 19.3 Å². The summed E-state index contributed by atoms with van der Waals surface area (Å²) in [5.74, 6) is 0.738. The second-order valence-electron chi connectivity index (χ2n) is 9.37. The van der Waals surface area contributed by atoms with Gasteiger partial charge in [0.1, 0.15) is 11.9 Å². The molecule has 2 N–H and O–H groups in total. The van der Waals surface area contributed by atoms with E-state index in [9.17, 15) is 22.8 Å². The van der Waals surface area contributed by atoms with Crippen molar-refractivity contribution in [3.63, 3.8) is 0 Å². The van der Waals surface area contributed by atoms with Crippen molar-refractivity contribution in [2.45, 2.75) is 51.6 Å². The average Bonchev–Trinajstić information content (AvgIpc) is 3.52. The third-order valence-electron chi connectivity index (χ3n) is 6.47. The lowest BCUT2D eigenvalue weighted by atomic mass is 10.1. The number of aromatic amines is 1. The summed E-state index contributed by atoms with van der Waals surface area (Å²) < 4.78 is 47.2. The SMILES string of the molecule is CCCn1c(N2CCCC(OC(=O)O)C2)nc2nc(-c3cnn(Cc4cccc(C(F)(F)F)c4)c3)[nH]c2c1=O. The molecule has 14 heteroatoms. The lowest BCUT2D eigenvalue weighted by molar-refractivity contribution is -0.137. The molecule has 1 aliphatic heterocycles. The van der Waals surface area contributed by atoms with Crippen molar-refractivity contribution < 1.29 is 27.8 Å². The van der Waals surface area contributed by atoms with Crippen molar-refractivity contribution in [1.29, 1.82) is 0 Å². The quantitative estimate of drug-likeness (QED) is 0.332. The highest BCUT2D eigenvalue weighted by Crippen LogP contribution is 2.30. The molecule has 0 radical (unpaired) electrons. The van der Waals surface area contributed by atoms with E-state index in [0.717, 1.165) is 12.1 Å². The fourth-order valence-corrected chi connectivity index (χ4v) is 4.74. The smallest absolute Gasteiger partial charge is 0.450 e. The number of benzene rings is 1. The highest BCUT2D eigenvalue weighted by Gasteiger charge is 2.30. The molecular formula is C25H26F3N7O4. The molecule has 11 nitrogen and oxygen atoms in total. The van der Waals surface area contributed by atoms with Gasteiger partial charge in [0.25, 0.3) is 5.56 Å². The molecule has 1 unspecified atom stereocenters. The first kappa shape index (κ1) is 26.3. The summed E-state index contributed by atoms with van der Waals surface area (Å²) in [6.07, 6.45) is -1.24. The van der Waals surface area contributed by atoms with E-state index in [1.54, 1.807) is 16.8 Å². The van der Waals surface area contributed by atoms with Crippen LogP contribution >= 0.6 is 0 Å². The first-order chi connectivity index (χ1) is 18.6. The number of hydrogen-bond donors (Lipinski definition) is 2. The summed E-state index contributed by atoms with van der Waals surface area (Å²) in [5, 5.41) is 13.3. The molecule has 4 heterocycles. The second kappa shape index (κ2) is 10.4. The first-order valence-corrected chi connectivity index (χ1v) is 12.5. The van der Waals surface area contributed by atoms with Gasteiger partial charge in [-0.05, 0) is 37.0 Å². The highest BCUT2D eigenvalue weighted by atomic mass is 19.4. The number of fused-ring (bicyclic) bond motifs is 1. The zero-order chi connectivity index (χ0) is 27.7. The number of piperidine rings is 1. The van der Waals surface area contributed by atoms with Crippen LogP contribution in [0.3, 0.4) is 0 Å². The van der Waals surface area contributed by atoms with E-state index in [1.807, 2.05) is 11.8 Å². The minimum absolute atomic E-state index is 0.115. The van der Waals surface area contributed by atoms with Gasteiger partial charge in [-0.2, -0.15) is 23.3 Å². The summed E-state index contributed by atoms with van der Waals surface area (Å²) in [4.78, 5) is 38.5. The molecule has 4 aromatic rings. The number of anilines is 1. The molecule has 1 saturated heterocycles. The van der Waals surface area contributed by atoms with Gasteiger partial charge in [0.05, 0.1) is 30.4 Å². The Bertz CT molecular complexity index is 1560. The Labute approximate surface area is 219 Å². The van der Waals surface area contributed by atoms with Crippen LogP contribution in [0.15, 0.2) is 41.5 Å². The van der Waals surface area contributed by atoms with Gasteiger partial charge in [-0.1, -0.05) is 19.1 Å². The predicted octanol–water partition coefficient (Wildman–Crippen LogP) is 4.12. The minimum atomic E-state index is -4.44. The van der Waals surface area contributed by atoms with Gasteiger partial charge in [0.2, 0.25) is 5.95 Å². The van der Waals surface area contributed by atoms with Gasteiger partial charge in [0.15, 0.2) is 11.2 Å². The Morgan fingerprint density at radius 1 is 1.28 bits per heavy atom. The van der Waals surface area contributed by atoms with Crippen LogP contribution in [0, 0.1) is 0 Å². The van der Waals surface area contributed by atoms with Crippen LogP contribution in [-0.2, 0) is 24.0 Å². The number of rotatable bonds is 7. The molecule has 1 fully saturated rings. The molecule has 0 bridgehead atoms. The Morgan fingerprint density at radius 3 is 2.85 bits per heavy atom. The molecule has 0 spiro atoms. The first-order valence-electron chi connectivity index (χ1n) is 12.5. The minimum Gasteiger partial charge on any atom is -0.450 e. The zero-order valence-corrected chi connectivity index (χ0v) is 21.0. The third-order valence-corrected chi connectivity index (χ3v) is 6.47. The van der Waals surface area contributed by atoms with Crippen LogP contribution in [0.4, 0.5) is 23.9 Å². The van der Waals surface area contributed by atoms with Crippen molar-refractivity contribution in [3.05, 3.63) is 58.1 Å². The van der Waals surface area contributed by atoms with E-state index < -0.39 is 24.0 Å². The van der Waals surface area contributed by atoms with Gasteiger partial charge in [-0.25, -0.2) is 9.78 Å². The van der Waals surface area contributed by atoms with Crippen molar-refractivity contribution in [2.24, 2.45) is 0 Å². The largest absolute Gasteiger partial charge is 0.506 e. The number of alkyl halides is 3. The monoisotopic (exact) mass is 545 g/mol. The second-order valence-corrected chi connectivity index (χ2v) is 9.37. The predicted molar refractivity (Wildman–Crippen MR) is 135 cm³/mol. The molecule has 1 atom stereocenters. The number of imidazole rings is 1. The van der Waals surface area contributed by atoms with Crippen LogP contribution in [0.25, 0.3) is 22.6 Å². The molecule has 1 aromatic carbocycles. The molecule has 3 aromatic heterocycles. The number of carbonyl (C=O) groups is 1. The summed E-state index contributed by atoms with van der Waals surface area (Å²) in [6.45, 7) is 3.31. The van der Waals surface area contributed by atoms with Crippen LogP contribution in [0.2, 0.25) is 0 Å². The molecule has 206 valence electrons. The van der Waals surface area contributed by atoms with Gasteiger partial charge in [-0.15, -0.1) is 0 Å². The van der Waals surface area contributed by atoms with Crippen molar-refractivity contribution in [3.8, 4) is 11.4 Å². The highest BCUT2D eigenvalue weighted by molar-refractivity contribution is 5.76. The summed E-state index contributed by atoms with van der Waals surface area (Å²) >= 11 is 0. The van der Waals surface area contributed by atoms with E-state index in [2.05, 4.69) is 20.1 Å². The number of hydrogen-bond acceptors (Lipinski definition) is 7. The molecule has 39 heavy (non-hydrogen) atoms. The Hall–Kier alpha value is -4.36. The van der Waals surface area contributed by atoms with Crippen LogP contribution in [0.1, 0.15) is 37.3 Å². The van der Waals surface area contributed by atoms with Gasteiger partial charge in [-0.3, -0.25) is 14.0 Å². The van der Waals surface area contributed by atoms with Gasteiger partial charge >= 0.3 is 12.3 Å². The molecule has 5 rings (SSSR count). The zero-order valence-electron chi connectivity index (χ0n) is 21.0. The Kier molecular flexibility index (Phi) is 7.02. The molecule has 0 saturated carbocycles. The van der Waals surface area contributed by atoms with Crippen molar-refractivity contribution in [2.75, 3.05) is 18.0 Å². The van der Waals surface area contributed by atoms with Gasteiger partial charge < -0.3 is 19.7 Å². The fourth-order valence-electron chi connectivity index (χ4n) is 4.74. The topological polar surface area (TPSA) is 131 Å². The van der Waals surface area contributed by atoms with E-state index in [4.69, 9.17) is 9.84 Å². The van der Waals surface area contributed by atoms with Crippen LogP contribution in [0.5, 0.6) is 0 Å². The maximum Gasteiger partial charge on any atom is 0.506 e. The van der Waals surface area contributed by atoms with E-state index in [-0.39, 0.29) is 29.8 Å². The van der Waals surface area contributed by atoms with Crippen LogP contribution in [-0.4, -0.2) is 59.8 Å². The Morgan fingerprint density at radius 2 is 2.10 bits per heavy atom. The fraction of sp³-hybridized carbons (Fsp3) is 0.400. The number of nitrogens with one attached hydrogen (secondary N) is 1. The number of nitrogens with zero attached hydrogens (tertiary/aromatic N) is 6. The molecular weight excluding hydrogens is 519 g/mol. The molecule has 1 aliphatic rings. The van der Waals surface area contributed by atoms with E-state index in [0.29, 0.717) is 55.3 Å². The van der Waals surface area contributed by atoms with E-state index >= 15 is 0 Å². The normalized spacial score (nSPS) is 16.1. The Balaban J connectivity index is 1.44. The third kappa shape index (κ3) is 5.59. The summed E-state index contributed by atoms with van der Waals surface area (Å²) in [6, 6.07) is 5.04. The maximum absolute atomic E-state index is 13.4. The number of ether oxygens (including phenoxy) is 1. The maximum atomic E-state index is 13.4. The number of H-pyrrole nitrogens is 1. The van der Waals surface area contributed by atoms with E-state index in [1.165, 1.54) is 16.9 Å². The van der Waals surface area contributed by atoms with Crippen molar-refractivity contribution >= 4 is 23.3 Å². The average molecular weight is 546 g/mol.